The number of aromatic nitrogens is 3. The molecule has 0 N–H and O–H groups in total. The van der Waals surface area contributed by atoms with Crippen molar-refractivity contribution in [1.82, 2.24) is 15.1 Å². The van der Waals surface area contributed by atoms with Crippen LogP contribution in [0.4, 0.5) is 13.2 Å². The zero-order valence-electron chi connectivity index (χ0n) is 7.37. The van der Waals surface area contributed by atoms with Gasteiger partial charge in [-0.3, -0.25) is 0 Å². The minimum absolute atomic E-state index is 0.150. The van der Waals surface area contributed by atoms with Gasteiger partial charge in [0.2, 0.25) is 0 Å². The van der Waals surface area contributed by atoms with Crippen molar-refractivity contribution in [2.75, 3.05) is 0 Å². The van der Waals surface area contributed by atoms with Crippen molar-refractivity contribution in [3.05, 3.63) is 17.0 Å². The lowest BCUT2D eigenvalue weighted by atomic mass is 10.3. The van der Waals surface area contributed by atoms with Crippen LogP contribution >= 0.6 is 11.3 Å². The molecule has 0 unspecified atom stereocenters. The highest BCUT2D eigenvalue weighted by Gasteiger charge is 2.38. The number of rotatable bonds is 1. The number of alkyl halides is 3. The van der Waals surface area contributed by atoms with E-state index in [1.807, 2.05) is 0 Å². The molecule has 2 heterocycles. The smallest absolute Gasteiger partial charge is 0.333 e. The number of hydrogen-bond donors (Lipinski definition) is 0. The van der Waals surface area contributed by atoms with E-state index < -0.39 is 11.9 Å². The van der Waals surface area contributed by atoms with Gasteiger partial charge < -0.3 is 4.52 Å². The molecule has 0 aliphatic heterocycles. The normalized spacial score (nSPS) is 12.0. The fourth-order valence-electron chi connectivity index (χ4n) is 0.989. The van der Waals surface area contributed by atoms with Crippen molar-refractivity contribution in [2.24, 2.45) is 0 Å². The third-order valence-electron chi connectivity index (χ3n) is 1.56. The van der Waals surface area contributed by atoms with Crippen molar-refractivity contribution >= 4 is 11.3 Å². The molecular weight excluding hydrogens is 231 g/mol. The Morgan fingerprint density at radius 2 is 2.13 bits per heavy atom. The topological polar surface area (TPSA) is 51.8 Å². The molecule has 0 amide bonds. The van der Waals surface area contributed by atoms with E-state index in [4.69, 9.17) is 0 Å². The Labute approximate surface area is 85.8 Å². The van der Waals surface area contributed by atoms with Gasteiger partial charge in [0.05, 0.1) is 5.51 Å². The van der Waals surface area contributed by atoms with E-state index in [0.29, 0.717) is 0 Å². The second-order valence-electron chi connectivity index (χ2n) is 2.67. The molecule has 0 aliphatic rings. The number of hydrogen-bond acceptors (Lipinski definition) is 5. The van der Waals surface area contributed by atoms with Crippen LogP contribution in [-0.2, 0) is 6.18 Å². The maximum atomic E-state index is 12.4. The van der Waals surface area contributed by atoms with Crippen molar-refractivity contribution in [3.63, 3.8) is 0 Å². The summed E-state index contributed by atoms with van der Waals surface area (Å²) >= 11 is 0.815. The van der Waals surface area contributed by atoms with Crippen molar-refractivity contribution in [3.8, 4) is 10.8 Å². The summed E-state index contributed by atoms with van der Waals surface area (Å²) in [6.07, 6.45) is -4.50. The maximum Gasteiger partial charge on any atom is 0.434 e. The van der Waals surface area contributed by atoms with Crippen LogP contribution in [0.1, 0.15) is 11.5 Å². The number of halogens is 3. The van der Waals surface area contributed by atoms with Crippen LogP contribution in [0.25, 0.3) is 10.8 Å². The Morgan fingerprint density at radius 3 is 2.67 bits per heavy atom. The van der Waals surface area contributed by atoms with Crippen LogP contribution in [0.5, 0.6) is 0 Å². The van der Waals surface area contributed by atoms with Gasteiger partial charge in [-0.05, 0) is 6.92 Å². The number of aryl methyl sites for hydroxylation is 1. The molecule has 0 spiro atoms. The van der Waals surface area contributed by atoms with Crippen LogP contribution in [-0.4, -0.2) is 15.1 Å². The lowest BCUT2D eigenvalue weighted by Gasteiger charge is -2.02. The van der Waals surface area contributed by atoms with Gasteiger partial charge in [-0.1, -0.05) is 5.16 Å². The summed E-state index contributed by atoms with van der Waals surface area (Å²) in [6.45, 7) is 1.53. The average molecular weight is 235 g/mol. The molecule has 80 valence electrons. The predicted molar refractivity (Wildman–Crippen MR) is 45.1 cm³/mol. The average Bonchev–Trinajstić information content (AvgIpc) is 2.68. The third kappa shape index (κ3) is 1.84. The first-order valence-corrected chi connectivity index (χ1v) is 4.68. The zero-order chi connectivity index (χ0) is 11.1. The van der Waals surface area contributed by atoms with E-state index >= 15 is 0 Å². The number of nitrogens with zero attached hydrogens (tertiary/aromatic N) is 3. The fraction of sp³-hybridized carbons (Fsp3) is 0.286. The summed E-state index contributed by atoms with van der Waals surface area (Å²) in [6, 6.07) is 0. The molecule has 2 aromatic heterocycles. The summed E-state index contributed by atoms with van der Waals surface area (Å²) in [7, 11) is 0. The Bertz CT molecular complexity index is 476. The minimum Gasteiger partial charge on any atom is -0.333 e. The van der Waals surface area contributed by atoms with Crippen LogP contribution in [0.15, 0.2) is 10.0 Å². The maximum absolute atomic E-state index is 12.4. The van der Waals surface area contributed by atoms with Crippen molar-refractivity contribution in [2.45, 2.75) is 13.1 Å². The SMILES string of the molecule is Cc1noc(-c2scnc2C(F)(F)F)n1. The lowest BCUT2D eigenvalue weighted by molar-refractivity contribution is -0.140. The summed E-state index contributed by atoms with van der Waals surface area (Å²) in [4.78, 5) is 6.81. The molecule has 0 saturated heterocycles. The summed E-state index contributed by atoms with van der Waals surface area (Å²) in [5, 5.41) is 3.42. The highest BCUT2D eigenvalue weighted by molar-refractivity contribution is 7.13. The van der Waals surface area contributed by atoms with E-state index in [2.05, 4.69) is 19.6 Å². The quantitative estimate of drug-likeness (QED) is 0.762. The van der Waals surface area contributed by atoms with Gasteiger partial charge in [0, 0.05) is 0 Å². The molecule has 0 radical (unpaired) electrons. The molecule has 2 rings (SSSR count). The molecule has 0 aliphatic carbocycles. The van der Waals surface area contributed by atoms with Gasteiger partial charge in [-0.15, -0.1) is 11.3 Å². The van der Waals surface area contributed by atoms with Gasteiger partial charge in [0.25, 0.3) is 5.89 Å². The molecule has 0 aromatic carbocycles. The third-order valence-corrected chi connectivity index (χ3v) is 2.37. The molecule has 8 heteroatoms. The second-order valence-corrected chi connectivity index (χ2v) is 3.53. The van der Waals surface area contributed by atoms with Gasteiger partial charge in [0.15, 0.2) is 11.5 Å². The van der Waals surface area contributed by atoms with Crippen LogP contribution in [0.2, 0.25) is 0 Å². The van der Waals surface area contributed by atoms with Crippen LogP contribution in [0, 0.1) is 6.92 Å². The zero-order valence-corrected chi connectivity index (χ0v) is 8.19. The molecular formula is C7H4F3N3OS. The lowest BCUT2D eigenvalue weighted by Crippen LogP contribution is -2.06. The van der Waals surface area contributed by atoms with Crippen molar-refractivity contribution in [1.29, 1.82) is 0 Å². The summed E-state index contributed by atoms with van der Waals surface area (Å²) < 4.78 is 41.9. The molecule has 0 saturated carbocycles. The molecule has 0 fully saturated rings. The van der Waals surface area contributed by atoms with E-state index in [-0.39, 0.29) is 16.6 Å². The largest absolute Gasteiger partial charge is 0.434 e. The second kappa shape index (κ2) is 3.30. The Hall–Kier alpha value is -1.44. The Balaban J connectivity index is 2.50. The van der Waals surface area contributed by atoms with Crippen LogP contribution < -0.4 is 0 Å². The minimum atomic E-state index is -4.50. The van der Waals surface area contributed by atoms with Gasteiger partial charge in [0.1, 0.15) is 4.88 Å². The van der Waals surface area contributed by atoms with E-state index in [9.17, 15) is 13.2 Å². The molecule has 2 aromatic rings. The van der Waals surface area contributed by atoms with Gasteiger partial charge >= 0.3 is 6.18 Å². The first-order valence-electron chi connectivity index (χ1n) is 3.80. The fourth-order valence-corrected chi connectivity index (χ4v) is 1.72. The Morgan fingerprint density at radius 1 is 1.40 bits per heavy atom. The predicted octanol–water partition coefficient (Wildman–Crippen LogP) is 2.52. The first-order chi connectivity index (χ1) is 6.98. The van der Waals surface area contributed by atoms with E-state index in [1.54, 1.807) is 0 Å². The molecule has 0 atom stereocenters. The van der Waals surface area contributed by atoms with Gasteiger partial charge in [-0.25, -0.2) is 4.98 Å². The molecule has 4 nitrogen and oxygen atoms in total. The summed E-state index contributed by atoms with van der Waals surface area (Å²) in [5.41, 5.74) is 0.105. The van der Waals surface area contributed by atoms with Crippen molar-refractivity contribution < 1.29 is 17.7 Å². The first kappa shape index (κ1) is 10.1. The van der Waals surface area contributed by atoms with Gasteiger partial charge in [-0.2, -0.15) is 18.2 Å². The highest BCUT2D eigenvalue weighted by atomic mass is 32.1. The summed E-state index contributed by atoms with van der Waals surface area (Å²) in [5.74, 6) is 0.133. The number of thiazole rings is 1. The monoisotopic (exact) mass is 235 g/mol. The highest BCUT2D eigenvalue weighted by Crippen LogP contribution is 2.37. The van der Waals surface area contributed by atoms with Crippen LogP contribution in [0.3, 0.4) is 0 Å². The van der Waals surface area contributed by atoms with E-state index in [1.165, 1.54) is 6.92 Å². The Kier molecular flexibility index (Phi) is 2.22. The van der Waals surface area contributed by atoms with E-state index in [0.717, 1.165) is 16.8 Å². The molecule has 0 bridgehead atoms. The standard InChI is InChI=1S/C7H4F3N3OS/c1-3-12-6(14-13-3)4-5(7(8,9)10)11-2-15-4/h2H,1H3. The molecule has 15 heavy (non-hydrogen) atoms.